The summed E-state index contributed by atoms with van der Waals surface area (Å²) >= 11 is 0. The van der Waals surface area contributed by atoms with Gasteiger partial charge in [0.1, 0.15) is 12.1 Å². The lowest BCUT2D eigenvalue weighted by molar-refractivity contribution is -0.146. The van der Waals surface area contributed by atoms with Crippen LogP contribution in [0, 0.1) is 0 Å². The normalized spacial score (nSPS) is 16.3. The molecule has 0 aromatic carbocycles. The number of hydrogen-bond donors (Lipinski definition) is 7. The number of nitrogens with one attached hydrogen (secondary N) is 3. The zero-order chi connectivity index (χ0) is 27.0. The minimum absolute atomic E-state index is 0.182. The van der Waals surface area contributed by atoms with Crippen molar-refractivity contribution >= 4 is 23.7 Å². The molecule has 35 heavy (non-hydrogen) atoms. The van der Waals surface area contributed by atoms with E-state index in [1.54, 1.807) is 0 Å². The van der Waals surface area contributed by atoms with Gasteiger partial charge in [0.2, 0.25) is 17.7 Å². The predicted molar refractivity (Wildman–Crippen MR) is 130 cm³/mol. The number of amides is 3. The van der Waals surface area contributed by atoms with Gasteiger partial charge in [-0.1, -0.05) is 58.3 Å². The minimum atomic E-state index is -1.65. The molecular formula is C24H45N3O8. The monoisotopic (exact) mass is 503 g/mol. The highest BCUT2D eigenvalue weighted by Gasteiger charge is 2.34. The Hall–Kier alpha value is -2.24. The lowest BCUT2D eigenvalue weighted by Crippen LogP contribution is -2.61. The Morgan fingerprint density at radius 2 is 0.971 bits per heavy atom. The van der Waals surface area contributed by atoms with Gasteiger partial charge < -0.3 is 36.4 Å². The van der Waals surface area contributed by atoms with E-state index >= 15 is 0 Å². The standard InChI is InChI=1S/C24H45N3O8/c1-5-6-7-8-9-10-11-12-13-14-18(31)25-19(15(2)28)22(32)26-20(16(3)29)23(33)27-21(17(4)30)24(34)35/h15-17,19-21,28-30H,5-14H2,1-4H3,(H,25,31)(H,26,32)(H,27,33)(H,34,35)/t15-,16-,17-,19+,20+,21+/m1/s1. The lowest BCUT2D eigenvalue weighted by atomic mass is 10.1. The van der Waals surface area contributed by atoms with E-state index in [0.717, 1.165) is 19.3 Å². The Morgan fingerprint density at radius 1 is 0.600 bits per heavy atom. The fourth-order valence-corrected chi connectivity index (χ4v) is 3.53. The molecule has 11 heteroatoms. The molecule has 0 aromatic heterocycles. The lowest BCUT2D eigenvalue weighted by Gasteiger charge is -2.27. The first kappa shape index (κ1) is 32.8. The molecule has 0 saturated carbocycles. The van der Waals surface area contributed by atoms with Gasteiger partial charge in [0.05, 0.1) is 18.3 Å². The maximum atomic E-state index is 12.7. The summed E-state index contributed by atoms with van der Waals surface area (Å²) in [5.74, 6) is -3.86. The predicted octanol–water partition coefficient (Wildman–Crippen LogP) is 0.589. The number of aliphatic hydroxyl groups excluding tert-OH is 3. The summed E-state index contributed by atoms with van der Waals surface area (Å²) in [6.07, 6.45) is 5.83. The average Bonchev–Trinajstić information content (AvgIpc) is 2.77. The first-order valence-corrected chi connectivity index (χ1v) is 12.6. The van der Waals surface area contributed by atoms with Crippen LogP contribution in [0.15, 0.2) is 0 Å². The molecule has 0 fully saturated rings. The molecule has 204 valence electrons. The van der Waals surface area contributed by atoms with E-state index in [1.807, 2.05) is 0 Å². The second-order valence-electron chi connectivity index (χ2n) is 9.16. The van der Waals surface area contributed by atoms with Gasteiger partial charge in [-0.2, -0.15) is 0 Å². The number of aliphatic hydroxyl groups is 3. The second-order valence-corrected chi connectivity index (χ2v) is 9.16. The first-order valence-electron chi connectivity index (χ1n) is 12.6. The van der Waals surface area contributed by atoms with Crippen LogP contribution in [-0.2, 0) is 19.2 Å². The molecule has 0 unspecified atom stereocenters. The molecular weight excluding hydrogens is 458 g/mol. The molecule has 11 nitrogen and oxygen atoms in total. The van der Waals surface area contributed by atoms with E-state index < -0.39 is 60.1 Å². The third-order valence-electron chi connectivity index (χ3n) is 5.70. The molecule has 0 radical (unpaired) electrons. The molecule has 7 N–H and O–H groups in total. The van der Waals surface area contributed by atoms with Crippen LogP contribution in [0.5, 0.6) is 0 Å². The number of carboxylic acids is 1. The molecule has 0 aliphatic carbocycles. The highest BCUT2D eigenvalue weighted by atomic mass is 16.4. The molecule has 0 rings (SSSR count). The third kappa shape index (κ3) is 14.0. The highest BCUT2D eigenvalue weighted by Crippen LogP contribution is 2.10. The Labute approximate surface area is 208 Å². The fourth-order valence-electron chi connectivity index (χ4n) is 3.53. The van der Waals surface area contributed by atoms with Gasteiger partial charge in [-0.15, -0.1) is 0 Å². The molecule has 0 heterocycles. The van der Waals surface area contributed by atoms with Gasteiger partial charge in [0.15, 0.2) is 6.04 Å². The molecule has 0 aromatic rings. The number of carbonyl (C=O) groups excluding carboxylic acids is 3. The number of hydrogen-bond acceptors (Lipinski definition) is 7. The smallest absolute Gasteiger partial charge is 0.328 e. The van der Waals surface area contributed by atoms with Crippen molar-refractivity contribution < 1.29 is 39.6 Å². The van der Waals surface area contributed by atoms with Gasteiger partial charge in [-0.25, -0.2) is 4.79 Å². The van der Waals surface area contributed by atoms with Crippen LogP contribution in [0.1, 0.15) is 91.9 Å². The third-order valence-corrected chi connectivity index (χ3v) is 5.70. The van der Waals surface area contributed by atoms with Crippen LogP contribution in [0.3, 0.4) is 0 Å². The van der Waals surface area contributed by atoms with Crippen molar-refractivity contribution in [3.63, 3.8) is 0 Å². The molecule has 0 saturated heterocycles. The van der Waals surface area contributed by atoms with Crippen molar-refractivity contribution in [2.75, 3.05) is 0 Å². The van der Waals surface area contributed by atoms with Crippen LogP contribution in [-0.4, -0.2) is 80.6 Å². The zero-order valence-corrected chi connectivity index (χ0v) is 21.5. The summed E-state index contributed by atoms with van der Waals surface area (Å²) in [5, 5.41) is 45.3. The van der Waals surface area contributed by atoms with Crippen LogP contribution in [0.25, 0.3) is 0 Å². The zero-order valence-electron chi connectivity index (χ0n) is 21.5. The number of unbranched alkanes of at least 4 members (excludes halogenated alkanes) is 8. The van der Waals surface area contributed by atoms with E-state index in [-0.39, 0.29) is 6.42 Å². The van der Waals surface area contributed by atoms with E-state index in [9.17, 15) is 34.5 Å². The SMILES string of the molecule is CCCCCCCCCCCC(=O)N[C@H](C(=O)N[C@H](C(=O)N[C@H](C(=O)O)[C@@H](C)O)[C@@H](C)O)[C@@H](C)O. The Kier molecular flexibility index (Phi) is 16.9. The molecule has 3 amide bonds. The van der Waals surface area contributed by atoms with Crippen LogP contribution in [0.2, 0.25) is 0 Å². The fraction of sp³-hybridized carbons (Fsp3) is 0.833. The summed E-state index contributed by atoms with van der Waals surface area (Å²) < 4.78 is 0. The first-order chi connectivity index (χ1) is 16.4. The molecule has 6 atom stereocenters. The van der Waals surface area contributed by atoms with Crippen molar-refractivity contribution in [1.29, 1.82) is 0 Å². The van der Waals surface area contributed by atoms with E-state index in [4.69, 9.17) is 5.11 Å². The average molecular weight is 504 g/mol. The summed E-state index contributed by atoms with van der Waals surface area (Å²) in [5.41, 5.74) is 0. The molecule has 0 aliphatic rings. The van der Waals surface area contributed by atoms with Gasteiger partial charge in [0.25, 0.3) is 0 Å². The molecule has 0 aliphatic heterocycles. The molecule has 0 spiro atoms. The van der Waals surface area contributed by atoms with Crippen LogP contribution < -0.4 is 16.0 Å². The largest absolute Gasteiger partial charge is 0.480 e. The number of aliphatic carboxylic acids is 1. The van der Waals surface area contributed by atoms with E-state index in [0.29, 0.717) is 6.42 Å². The Morgan fingerprint density at radius 3 is 1.37 bits per heavy atom. The molecule has 0 bridgehead atoms. The number of carbonyl (C=O) groups is 4. The van der Waals surface area contributed by atoms with E-state index in [1.165, 1.54) is 52.9 Å². The maximum absolute atomic E-state index is 12.7. The Balaban J connectivity index is 4.75. The summed E-state index contributed by atoms with van der Waals surface area (Å²) in [6.45, 7) is 5.85. The van der Waals surface area contributed by atoms with Crippen LogP contribution in [0.4, 0.5) is 0 Å². The topological polar surface area (TPSA) is 185 Å². The van der Waals surface area contributed by atoms with E-state index in [2.05, 4.69) is 22.9 Å². The van der Waals surface area contributed by atoms with Crippen molar-refractivity contribution in [2.24, 2.45) is 0 Å². The van der Waals surface area contributed by atoms with Gasteiger partial charge in [-0.3, -0.25) is 14.4 Å². The summed E-state index contributed by atoms with van der Waals surface area (Å²) in [4.78, 5) is 48.6. The van der Waals surface area contributed by atoms with Crippen molar-refractivity contribution in [3.8, 4) is 0 Å². The minimum Gasteiger partial charge on any atom is -0.480 e. The quantitative estimate of drug-likeness (QED) is 0.125. The highest BCUT2D eigenvalue weighted by molar-refractivity contribution is 5.94. The van der Waals surface area contributed by atoms with Crippen LogP contribution >= 0.6 is 0 Å². The van der Waals surface area contributed by atoms with Crippen molar-refractivity contribution in [3.05, 3.63) is 0 Å². The summed E-state index contributed by atoms with van der Waals surface area (Å²) in [7, 11) is 0. The van der Waals surface area contributed by atoms with Gasteiger partial charge >= 0.3 is 5.97 Å². The maximum Gasteiger partial charge on any atom is 0.328 e. The Bertz CT molecular complexity index is 655. The number of rotatable bonds is 19. The number of carboxylic acid groups (broad SMARTS) is 1. The van der Waals surface area contributed by atoms with Gasteiger partial charge in [-0.05, 0) is 27.2 Å². The summed E-state index contributed by atoms with van der Waals surface area (Å²) in [6, 6.07) is -4.59. The van der Waals surface area contributed by atoms with Crippen molar-refractivity contribution in [2.45, 2.75) is 128 Å². The van der Waals surface area contributed by atoms with Crippen molar-refractivity contribution in [1.82, 2.24) is 16.0 Å². The second kappa shape index (κ2) is 18.1. The van der Waals surface area contributed by atoms with Gasteiger partial charge in [0, 0.05) is 6.42 Å².